The minimum absolute atomic E-state index is 0. The Bertz CT molecular complexity index is 667. The Kier molecular flexibility index (Phi) is 7.68. The van der Waals surface area contributed by atoms with Crippen LogP contribution in [0.4, 0.5) is 4.39 Å². The van der Waals surface area contributed by atoms with E-state index in [-0.39, 0.29) is 30.7 Å². The van der Waals surface area contributed by atoms with Crippen LogP contribution in [-0.2, 0) is 4.79 Å². The SMILES string of the molecule is COc1ccc(F)cc1C(C)NC(=O)C(CN)c1ccccc1.Cl. The van der Waals surface area contributed by atoms with Gasteiger partial charge in [0.2, 0.25) is 5.91 Å². The van der Waals surface area contributed by atoms with Crippen molar-refractivity contribution in [1.82, 2.24) is 5.32 Å². The Morgan fingerprint density at radius 3 is 2.50 bits per heavy atom. The number of carbonyl (C=O) groups is 1. The van der Waals surface area contributed by atoms with E-state index in [1.165, 1.54) is 19.2 Å². The molecule has 4 nitrogen and oxygen atoms in total. The fourth-order valence-electron chi connectivity index (χ4n) is 2.52. The van der Waals surface area contributed by atoms with Crippen molar-refractivity contribution in [3.8, 4) is 5.75 Å². The van der Waals surface area contributed by atoms with E-state index in [1.54, 1.807) is 13.0 Å². The molecule has 0 fully saturated rings. The summed E-state index contributed by atoms with van der Waals surface area (Å²) in [7, 11) is 1.51. The molecule has 0 aliphatic rings. The molecule has 0 heterocycles. The number of hydrogen-bond donors (Lipinski definition) is 2. The third-order valence-electron chi connectivity index (χ3n) is 3.77. The van der Waals surface area contributed by atoms with Gasteiger partial charge in [0.25, 0.3) is 0 Å². The van der Waals surface area contributed by atoms with Crippen LogP contribution in [0.15, 0.2) is 48.5 Å². The van der Waals surface area contributed by atoms with Gasteiger partial charge >= 0.3 is 0 Å². The molecule has 0 aromatic heterocycles. The van der Waals surface area contributed by atoms with E-state index >= 15 is 0 Å². The Morgan fingerprint density at radius 2 is 1.92 bits per heavy atom. The number of ether oxygens (including phenoxy) is 1. The van der Waals surface area contributed by atoms with Gasteiger partial charge in [-0.05, 0) is 30.7 Å². The zero-order chi connectivity index (χ0) is 16.8. The molecule has 2 rings (SSSR count). The molecule has 0 saturated heterocycles. The first-order chi connectivity index (χ1) is 11.1. The first-order valence-electron chi connectivity index (χ1n) is 7.45. The molecule has 1 amide bonds. The molecule has 2 aromatic rings. The van der Waals surface area contributed by atoms with Gasteiger partial charge in [0, 0.05) is 12.1 Å². The molecular formula is C18H22ClFN2O2. The summed E-state index contributed by atoms with van der Waals surface area (Å²) in [4.78, 5) is 12.5. The maximum atomic E-state index is 13.5. The summed E-state index contributed by atoms with van der Waals surface area (Å²) < 4.78 is 18.7. The largest absolute Gasteiger partial charge is 0.496 e. The van der Waals surface area contributed by atoms with Gasteiger partial charge in [-0.1, -0.05) is 30.3 Å². The molecule has 0 aliphatic carbocycles. The molecule has 0 saturated carbocycles. The maximum absolute atomic E-state index is 13.5. The van der Waals surface area contributed by atoms with Crippen LogP contribution in [0, 0.1) is 5.82 Å². The molecule has 6 heteroatoms. The third kappa shape index (κ3) is 4.69. The van der Waals surface area contributed by atoms with Crippen LogP contribution < -0.4 is 15.8 Å². The third-order valence-corrected chi connectivity index (χ3v) is 3.77. The molecule has 130 valence electrons. The topological polar surface area (TPSA) is 64.3 Å². The summed E-state index contributed by atoms with van der Waals surface area (Å²) in [5.74, 6) is -0.487. The van der Waals surface area contributed by atoms with E-state index < -0.39 is 12.0 Å². The number of methoxy groups -OCH3 is 1. The fourth-order valence-corrected chi connectivity index (χ4v) is 2.52. The molecule has 0 radical (unpaired) electrons. The van der Waals surface area contributed by atoms with Crippen molar-refractivity contribution in [1.29, 1.82) is 0 Å². The zero-order valence-corrected chi connectivity index (χ0v) is 14.5. The van der Waals surface area contributed by atoms with Gasteiger partial charge in [0.05, 0.1) is 19.1 Å². The van der Waals surface area contributed by atoms with Crippen LogP contribution in [0.5, 0.6) is 5.75 Å². The molecule has 0 spiro atoms. The lowest BCUT2D eigenvalue weighted by atomic mass is 9.97. The normalized spacial score (nSPS) is 12.7. The first kappa shape index (κ1) is 19.9. The number of halogens is 2. The minimum atomic E-state index is -0.446. The van der Waals surface area contributed by atoms with Crippen LogP contribution in [0.2, 0.25) is 0 Å². The number of rotatable bonds is 6. The van der Waals surface area contributed by atoms with Crippen LogP contribution >= 0.6 is 12.4 Å². The standard InChI is InChI=1S/C18H21FN2O2.ClH/c1-12(15-10-14(19)8-9-17(15)23-2)21-18(22)16(11-20)13-6-4-3-5-7-13;/h3-10,12,16H,11,20H2,1-2H3,(H,21,22);1H. The van der Waals surface area contributed by atoms with Gasteiger partial charge in [0.1, 0.15) is 11.6 Å². The summed E-state index contributed by atoms with van der Waals surface area (Å²) in [6, 6.07) is 13.2. The maximum Gasteiger partial charge on any atom is 0.229 e. The highest BCUT2D eigenvalue weighted by Gasteiger charge is 2.22. The molecular weight excluding hydrogens is 331 g/mol. The number of nitrogens with one attached hydrogen (secondary N) is 1. The number of benzene rings is 2. The highest BCUT2D eigenvalue weighted by molar-refractivity contribution is 5.85. The molecule has 2 aromatic carbocycles. The summed E-state index contributed by atoms with van der Waals surface area (Å²) in [6.45, 7) is 1.98. The summed E-state index contributed by atoms with van der Waals surface area (Å²) in [5.41, 5.74) is 7.20. The number of nitrogens with two attached hydrogens (primary N) is 1. The molecule has 0 aliphatic heterocycles. The van der Waals surface area contributed by atoms with Gasteiger partial charge in [-0.3, -0.25) is 4.79 Å². The zero-order valence-electron chi connectivity index (χ0n) is 13.7. The summed E-state index contributed by atoms with van der Waals surface area (Å²) >= 11 is 0. The average molecular weight is 353 g/mol. The minimum Gasteiger partial charge on any atom is -0.496 e. The smallest absolute Gasteiger partial charge is 0.229 e. The van der Waals surface area contributed by atoms with Crippen molar-refractivity contribution < 1.29 is 13.9 Å². The highest BCUT2D eigenvalue weighted by atomic mass is 35.5. The summed E-state index contributed by atoms with van der Waals surface area (Å²) in [6.07, 6.45) is 0. The van der Waals surface area contributed by atoms with E-state index in [0.29, 0.717) is 11.3 Å². The van der Waals surface area contributed by atoms with Crippen molar-refractivity contribution in [2.75, 3.05) is 13.7 Å². The molecule has 3 N–H and O–H groups in total. The molecule has 0 bridgehead atoms. The van der Waals surface area contributed by atoms with Gasteiger partial charge in [-0.25, -0.2) is 4.39 Å². The average Bonchev–Trinajstić information content (AvgIpc) is 2.56. The van der Waals surface area contributed by atoms with E-state index in [1.807, 2.05) is 30.3 Å². The lowest BCUT2D eigenvalue weighted by Crippen LogP contribution is -2.35. The van der Waals surface area contributed by atoms with E-state index in [9.17, 15) is 9.18 Å². The van der Waals surface area contributed by atoms with Crippen LogP contribution in [0.3, 0.4) is 0 Å². The van der Waals surface area contributed by atoms with E-state index in [0.717, 1.165) is 5.56 Å². The Balaban J connectivity index is 0.00000288. The second kappa shape index (κ2) is 9.25. The second-order valence-electron chi connectivity index (χ2n) is 5.32. The predicted octanol–water partition coefficient (Wildman–Crippen LogP) is 3.18. The van der Waals surface area contributed by atoms with Crippen molar-refractivity contribution in [3.05, 3.63) is 65.5 Å². The lowest BCUT2D eigenvalue weighted by Gasteiger charge is -2.21. The number of amides is 1. The first-order valence-corrected chi connectivity index (χ1v) is 7.45. The van der Waals surface area contributed by atoms with Crippen molar-refractivity contribution in [3.63, 3.8) is 0 Å². The lowest BCUT2D eigenvalue weighted by molar-refractivity contribution is -0.123. The van der Waals surface area contributed by atoms with Gasteiger partial charge < -0.3 is 15.8 Å². The van der Waals surface area contributed by atoms with Crippen LogP contribution in [-0.4, -0.2) is 19.6 Å². The van der Waals surface area contributed by atoms with Crippen molar-refractivity contribution in [2.45, 2.75) is 18.9 Å². The van der Waals surface area contributed by atoms with Gasteiger partial charge in [0.15, 0.2) is 0 Å². The number of carbonyl (C=O) groups excluding carboxylic acids is 1. The fraction of sp³-hybridized carbons (Fsp3) is 0.278. The van der Waals surface area contributed by atoms with Gasteiger partial charge in [-0.15, -0.1) is 12.4 Å². The number of hydrogen-bond acceptors (Lipinski definition) is 3. The van der Waals surface area contributed by atoms with Crippen molar-refractivity contribution >= 4 is 18.3 Å². The molecule has 2 unspecified atom stereocenters. The molecule has 2 atom stereocenters. The van der Waals surface area contributed by atoms with Gasteiger partial charge in [-0.2, -0.15) is 0 Å². The Hall–Kier alpha value is -2.11. The predicted molar refractivity (Wildman–Crippen MR) is 95.0 cm³/mol. The highest BCUT2D eigenvalue weighted by Crippen LogP contribution is 2.26. The van der Waals surface area contributed by atoms with E-state index in [2.05, 4.69) is 5.32 Å². The van der Waals surface area contributed by atoms with Crippen LogP contribution in [0.25, 0.3) is 0 Å². The second-order valence-corrected chi connectivity index (χ2v) is 5.32. The molecule has 24 heavy (non-hydrogen) atoms. The Labute approximate surface area is 147 Å². The summed E-state index contributed by atoms with van der Waals surface area (Å²) in [5, 5.41) is 2.88. The van der Waals surface area contributed by atoms with Crippen LogP contribution in [0.1, 0.15) is 30.0 Å². The Morgan fingerprint density at radius 1 is 1.25 bits per heavy atom. The monoisotopic (exact) mass is 352 g/mol. The van der Waals surface area contributed by atoms with E-state index in [4.69, 9.17) is 10.5 Å². The quantitative estimate of drug-likeness (QED) is 0.839. The van der Waals surface area contributed by atoms with Crippen molar-refractivity contribution in [2.24, 2.45) is 5.73 Å².